The van der Waals surface area contributed by atoms with Gasteiger partial charge in [-0.2, -0.15) is 5.10 Å². The summed E-state index contributed by atoms with van der Waals surface area (Å²) in [6.45, 7) is 0.756. The first-order valence-electron chi connectivity index (χ1n) is 8.78. The number of para-hydroxylation sites is 1. The minimum absolute atomic E-state index is 0.204. The van der Waals surface area contributed by atoms with Crippen molar-refractivity contribution in [2.75, 3.05) is 21.0 Å². The van der Waals surface area contributed by atoms with Crippen LogP contribution in [0.5, 0.6) is 23.0 Å². The average molecular weight is 378 g/mol. The summed E-state index contributed by atoms with van der Waals surface area (Å²) in [7, 11) is 3.28. The zero-order valence-corrected chi connectivity index (χ0v) is 15.4. The number of nitrogens with zero attached hydrogens (tertiary/aromatic N) is 3. The maximum Gasteiger partial charge on any atom is 0.231 e. The second-order valence-electron chi connectivity index (χ2n) is 6.34. The Hall–Kier alpha value is -3.68. The summed E-state index contributed by atoms with van der Waals surface area (Å²) in [5, 5.41) is 4.45. The number of rotatable bonds is 5. The number of ether oxygens (including phenoxy) is 4. The molecule has 0 unspecified atom stereocenters. The summed E-state index contributed by atoms with van der Waals surface area (Å²) in [4.78, 5) is 8.07. The van der Waals surface area contributed by atoms with Gasteiger partial charge in [0.1, 0.15) is 22.8 Å². The van der Waals surface area contributed by atoms with Crippen molar-refractivity contribution < 1.29 is 18.9 Å². The Balaban J connectivity index is 1.55. The van der Waals surface area contributed by atoms with E-state index in [0.29, 0.717) is 29.6 Å². The topological polar surface area (TPSA) is 83.4 Å². The van der Waals surface area contributed by atoms with E-state index in [2.05, 4.69) is 10.1 Å². The molecule has 1 aliphatic rings. The zero-order chi connectivity index (χ0) is 19.1. The third kappa shape index (κ3) is 2.61. The number of methoxy groups -OCH3 is 2. The van der Waals surface area contributed by atoms with Crippen molar-refractivity contribution in [3.8, 4) is 34.4 Å². The fourth-order valence-electron chi connectivity index (χ4n) is 3.36. The molecule has 2 aromatic carbocycles. The average Bonchev–Trinajstić information content (AvgIpc) is 3.43. The largest absolute Gasteiger partial charge is 0.496 e. The molecule has 0 saturated carbocycles. The van der Waals surface area contributed by atoms with Crippen LogP contribution in [0, 0.1) is 0 Å². The number of aromatic nitrogens is 4. The van der Waals surface area contributed by atoms with Gasteiger partial charge in [0.2, 0.25) is 6.79 Å². The summed E-state index contributed by atoms with van der Waals surface area (Å²) in [6, 6.07) is 11.6. The molecule has 0 bridgehead atoms. The normalized spacial score (nSPS) is 12.5. The number of hydrogen-bond donors (Lipinski definition) is 1. The highest BCUT2D eigenvalue weighted by Crippen LogP contribution is 2.42. The third-order valence-corrected chi connectivity index (χ3v) is 4.74. The van der Waals surface area contributed by atoms with Crippen molar-refractivity contribution in [2.45, 2.75) is 6.54 Å². The lowest BCUT2D eigenvalue weighted by atomic mass is 10.1. The second kappa shape index (κ2) is 6.49. The molecule has 0 fully saturated rings. The molecule has 4 aromatic rings. The Morgan fingerprint density at radius 1 is 1.07 bits per heavy atom. The lowest BCUT2D eigenvalue weighted by molar-refractivity contribution is 0.174. The summed E-state index contributed by atoms with van der Waals surface area (Å²) >= 11 is 0. The molecular weight excluding hydrogens is 360 g/mol. The fraction of sp³-hybridized carbons (Fsp3) is 0.200. The second-order valence-corrected chi connectivity index (χ2v) is 6.34. The standard InChI is InChI=1S/C20H18N4O4/c1-25-15-6-4-3-5-12(15)10-24-20-14(9-21-24)22-19(23-20)13-7-17-18(28-11-27-17)8-16(13)26-2/h3-9H,10-11H2,1-2H3,(H,22,23). The van der Waals surface area contributed by atoms with Crippen LogP contribution in [0.1, 0.15) is 5.56 Å². The molecule has 0 saturated heterocycles. The minimum Gasteiger partial charge on any atom is -0.496 e. The van der Waals surface area contributed by atoms with Gasteiger partial charge in [-0.25, -0.2) is 9.67 Å². The lowest BCUT2D eigenvalue weighted by Gasteiger charge is -2.08. The minimum atomic E-state index is 0.204. The van der Waals surface area contributed by atoms with Crippen molar-refractivity contribution in [3.63, 3.8) is 0 Å². The number of imidazole rings is 1. The lowest BCUT2D eigenvalue weighted by Crippen LogP contribution is -2.03. The molecule has 8 nitrogen and oxygen atoms in total. The SMILES string of the molecule is COc1ccccc1Cn1ncc2[nH]c(-c3cc4c(cc3OC)OCO4)nc21. The Morgan fingerprint density at radius 3 is 2.68 bits per heavy atom. The molecular formula is C20H18N4O4. The summed E-state index contributed by atoms with van der Waals surface area (Å²) in [5.74, 6) is 3.49. The smallest absolute Gasteiger partial charge is 0.231 e. The first-order chi connectivity index (χ1) is 13.8. The van der Waals surface area contributed by atoms with E-state index >= 15 is 0 Å². The summed E-state index contributed by atoms with van der Waals surface area (Å²) < 4.78 is 23.7. The van der Waals surface area contributed by atoms with Gasteiger partial charge >= 0.3 is 0 Å². The maximum absolute atomic E-state index is 5.52. The number of H-pyrrole nitrogens is 1. The number of aromatic amines is 1. The van der Waals surface area contributed by atoms with E-state index < -0.39 is 0 Å². The molecule has 5 rings (SSSR count). The maximum atomic E-state index is 5.52. The van der Waals surface area contributed by atoms with E-state index in [-0.39, 0.29) is 6.79 Å². The number of benzene rings is 2. The third-order valence-electron chi connectivity index (χ3n) is 4.74. The molecule has 142 valence electrons. The van der Waals surface area contributed by atoms with Crippen molar-refractivity contribution in [2.24, 2.45) is 0 Å². The molecule has 8 heteroatoms. The highest BCUT2D eigenvalue weighted by molar-refractivity contribution is 5.79. The quantitative estimate of drug-likeness (QED) is 0.574. The van der Waals surface area contributed by atoms with Gasteiger partial charge in [0.25, 0.3) is 0 Å². The van der Waals surface area contributed by atoms with E-state index in [0.717, 1.165) is 28.0 Å². The molecule has 28 heavy (non-hydrogen) atoms. The van der Waals surface area contributed by atoms with Crippen LogP contribution in [0.2, 0.25) is 0 Å². The van der Waals surface area contributed by atoms with E-state index in [1.165, 1.54) is 0 Å². The predicted octanol–water partition coefficient (Wildman–Crippen LogP) is 3.22. The van der Waals surface area contributed by atoms with Crippen LogP contribution in [0.3, 0.4) is 0 Å². The van der Waals surface area contributed by atoms with Gasteiger partial charge in [0.05, 0.1) is 32.5 Å². The monoisotopic (exact) mass is 378 g/mol. The Kier molecular flexibility index (Phi) is 3.82. The summed E-state index contributed by atoms with van der Waals surface area (Å²) in [6.07, 6.45) is 1.76. The van der Waals surface area contributed by atoms with Crippen LogP contribution in [-0.4, -0.2) is 40.8 Å². The van der Waals surface area contributed by atoms with Crippen molar-refractivity contribution in [3.05, 3.63) is 48.2 Å². The molecule has 0 atom stereocenters. The molecule has 0 spiro atoms. The van der Waals surface area contributed by atoms with Gasteiger partial charge in [0.15, 0.2) is 17.1 Å². The highest BCUT2D eigenvalue weighted by Gasteiger charge is 2.21. The van der Waals surface area contributed by atoms with Crippen molar-refractivity contribution >= 4 is 11.2 Å². The number of hydrogen-bond acceptors (Lipinski definition) is 6. The Bertz CT molecular complexity index is 1160. The highest BCUT2D eigenvalue weighted by atomic mass is 16.7. The summed E-state index contributed by atoms with van der Waals surface area (Å²) in [5.41, 5.74) is 3.41. The van der Waals surface area contributed by atoms with E-state index in [1.54, 1.807) is 20.4 Å². The fourth-order valence-corrected chi connectivity index (χ4v) is 3.36. The van der Waals surface area contributed by atoms with Crippen molar-refractivity contribution in [1.29, 1.82) is 0 Å². The van der Waals surface area contributed by atoms with Crippen LogP contribution in [0.25, 0.3) is 22.6 Å². The van der Waals surface area contributed by atoms with Crippen LogP contribution in [0.4, 0.5) is 0 Å². The van der Waals surface area contributed by atoms with Gasteiger partial charge in [-0.15, -0.1) is 0 Å². The first-order valence-corrected chi connectivity index (χ1v) is 8.78. The van der Waals surface area contributed by atoms with E-state index in [1.807, 2.05) is 41.1 Å². The molecule has 0 amide bonds. The molecule has 0 aliphatic carbocycles. The van der Waals surface area contributed by atoms with E-state index in [4.69, 9.17) is 23.9 Å². The molecule has 3 heterocycles. The van der Waals surface area contributed by atoms with Crippen LogP contribution >= 0.6 is 0 Å². The number of nitrogens with one attached hydrogen (secondary N) is 1. The van der Waals surface area contributed by atoms with Gasteiger partial charge in [-0.05, 0) is 12.1 Å². The molecule has 0 radical (unpaired) electrons. The van der Waals surface area contributed by atoms with Crippen molar-refractivity contribution in [1.82, 2.24) is 19.7 Å². The Labute approximate surface area is 160 Å². The van der Waals surface area contributed by atoms with Crippen LogP contribution in [0.15, 0.2) is 42.6 Å². The van der Waals surface area contributed by atoms with E-state index in [9.17, 15) is 0 Å². The predicted molar refractivity (Wildman–Crippen MR) is 102 cm³/mol. The van der Waals surface area contributed by atoms with Gasteiger partial charge < -0.3 is 23.9 Å². The van der Waals surface area contributed by atoms with Crippen LogP contribution < -0.4 is 18.9 Å². The zero-order valence-electron chi connectivity index (χ0n) is 15.4. The van der Waals surface area contributed by atoms with Gasteiger partial charge in [0, 0.05) is 11.6 Å². The van der Waals surface area contributed by atoms with Crippen LogP contribution in [-0.2, 0) is 6.54 Å². The molecule has 1 aliphatic heterocycles. The number of fused-ring (bicyclic) bond motifs is 2. The van der Waals surface area contributed by atoms with Gasteiger partial charge in [-0.3, -0.25) is 0 Å². The van der Waals surface area contributed by atoms with Gasteiger partial charge in [-0.1, -0.05) is 18.2 Å². The first kappa shape index (κ1) is 16.5. The Morgan fingerprint density at radius 2 is 1.86 bits per heavy atom. The molecule has 2 aromatic heterocycles. The molecule has 1 N–H and O–H groups in total.